The van der Waals surface area contributed by atoms with Crippen molar-refractivity contribution in [1.82, 2.24) is 0 Å². The molecule has 3 aromatic rings. The van der Waals surface area contributed by atoms with Crippen molar-refractivity contribution in [2.24, 2.45) is 5.41 Å². The predicted octanol–water partition coefficient (Wildman–Crippen LogP) is 4.21. The fraction of sp³-hybridized carbons (Fsp3) is 0.238. The van der Waals surface area contributed by atoms with Crippen LogP contribution in [0, 0.1) is 5.41 Å². The van der Waals surface area contributed by atoms with Crippen LogP contribution in [0.15, 0.2) is 54.6 Å². The van der Waals surface area contributed by atoms with Gasteiger partial charge in [0.1, 0.15) is 25.2 Å². The number of ether oxygens (including phenoxy) is 3. The lowest BCUT2D eigenvalue weighted by Gasteiger charge is -2.29. The Morgan fingerprint density at radius 2 is 1.54 bits per heavy atom. The van der Waals surface area contributed by atoms with Crippen molar-refractivity contribution < 1.29 is 23.8 Å². The number of hydrogen-bond acceptors (Lipinski definition) is 5. The predicted molar refractivity (Wildman–Crippen MR) is 96.7 cm³/mol. The van der Waals surface area contributed by atoms with Crippen molar-refractivity contribution in [3.63, 3.8) is 0 Å². The summed E-state index contributed by atoms with van der Waals surface area (Å²) in [4.78, 5) is 23.6. The third kappa shape index (κ3) is 2.86. The largest absolute Gasteiger partial charge is 0.508 e. The lowest BCUT2D eigenvalue weighted by Crippen LogP contribution is -2.44. The summed E-state index contributed by atoms with van der Waals surface area (Å²) in [7, 11) is 0. The average molecular weight is 350 g/mol. The first-order valence-corrected chi connectivity index (χ1v) is 8.43. The molecule has 0 amide bonds. The second-order valence-corrected chi connectivity index (χ2v) is 6.76. The van der Waals surface area contributed by atoms with Crippen LogP contribution in [-0.2, 0) is 25.6 Å². The van der Waals surface area contributed by atoms with Crippen molar-refractivity contribution in [2.75, 3.05) is 13.2 Å². The van der Waals surface area contributed by atoms with Gasteiger partial charge in [0.15, 0.2) is 0 Å². The summed E-state index contributed by atoms with van der Waals surface area (Å²) in [5, 5.41) is 4.29. The number of rotatable bonds is 3. The quantitative estimate of drug-likeness (QED) is 0.523. The highest BCUT2D eigenvalue weighted by Gasteiger charge is 2.41. The smallest absolute Gasteiger partial charge is 0.460 e. The Labute approximate surface area is 150 Å². The minimum atomic E-state index is -0.992. The molecule has 1 fully saturated rings. The van der Waals surface area contributed by atoms with E-state index in [9.17, 15) is 9.59 Å². The molecule has 0 aliphatic carbocycles. The molecule has 0 bridgehead atoms. The van der Waals surface area contributed by atoms with Crippen molar-refractivity contribution >= 4 is 33.7 Å². The molecule has 132 valence electrons. The van der Waals surface area contributed by atoms with E-state index in [1.165, 1.54) is 0 Å². The normalized spacial score (nSPS) is 16.1. The highest BCUT2D eigenvalue weighted by molar-refractivity contribution is 6.02. The first kappa shape index (κ1) is 16.4. The summed E-state index contributed by atoms with van der Waals surface area (Å²) < 4.78 is 15.3. The monoisotopic (exact) mass is 350 g/mol. The average Bonchev–Trinajstić information content (AvgIpc) is 2.67. The van der Waals surface area contributed by atoms with E-state index in [4.69, 9.17) is 14.2 Å². The lowest BCUT2D eigenvalue weighted by atomic mass is 9.92. The van der Waals surface area contributed by atoms with Gasteiger partial charge >= 0.3 is 12.1 Å². The lowest BCUT2D eigenvalue weighted by molar-refractivity contribution is -0.167. The van der Waals surface area contributed by atoms with Crippen LogP contribution in [0.4, 0.5) is 4.79 Å². The summed E-state index contributed by atoms with van der Waals surface area (Å²) in [5.74, 6) is -0.443. The Bertz CT molecular complexity index is 944. The first-order chi connectivity index (χ1) is 12.6. The number of carbonyl (C=O) groups is 2. The molecule has 4 rings (SSSR count). The van der Waals surface area contributed by atoms with Crippen LogP contribution in [0.1, 0.15) is 12.5 Å². The van der Waals surface area contributed by atoms with Gasteiger partial charge in [0.25, 0.3) is 0 Å². The van der Waals surface area contributed by atoms with E-state index in [0.717, 1.165) is 27.1 Å². The maximum atomic E-state index is 12.6. The Morgan fingerprint density at radius 1 is 1.00 bits per heavy atom. The van der Waals surface area contributed by atoms with Crippen LogP contribution in [-0.4, -0.2) is 25.3 Å². The molecule has 1 saturated heterocycles. The summed E-state index contributed by atoms with van der Waals surface area (Å²) in [6.45, 7) is 1.73. The number of cyclic esters (lactones) is 2. The van der Waals surface area contributed by atoms with E-state index >= 15 is 0 Å². The maximum absolute atomic E-state index is 12.6. The molecule has 5 nitrogen and oxygen atoms in total. The van der Waals surface area contributed by atoms with Gasteiger partial charge in [-0.25, -0.2) is 4.79 Å². The van der Waals surface area contributed by atoms with E-state index in [0.29, 0.717) is 0 Å². The van der Waals surface area contributed by atoms with Gasteiger partial charge in [-0.3, -0.25) is 4.79 Å². The second kappa shape index (κ2) is 6.33. The summed E-state index contributed by atoms with van der Waals surface area (Å²) in [5.41, 5.74) is -0.0294. The summed E-state index contributed by atoms with van der Waals surface area (Å²) in [6.07, 6.45) is -0.754. The molecule has 0 atom stereocenters. The molecule has 0 saturated carbocycles. The Hall–Kier alpha value is -3.08. The molecule has 5 heteroatoms. The van der Waals surface area contributed by atoms with E-state index < -0.39 is 17.5 Å². The zero-order valence-corrected chi connectivity index (χ0v) is 14.4. The molecular formula is C21H18O5. The standard InChI is InChI=1S/C21H18O5/c1-21(12-25-20(23)26-13-21)19(22)24-11-18-16-8-4-2-6-14(16)10-15-7-3-5-9-17(15)18/h2-10H,11-13H2,1H3. The Morgan fingerprint density at radius 3 is 2.12 bits per heavy atom. The van der Waals surface area contributed by atoms with Gasteiger partial charge in [0, 0.05) is 5.56 Å². The minimum Gasteiger partial charge on any atom is -0.460 e. The fourth-order valence-electron chi connectivity index (χ4n) is 3.21. The van der Waals surface area contributed by atoms with Crippen LogP contribution >= 0.6 is 0 Å². The van der Waals surface area contributed by atoms with Gasteiger partial charge in [-0.1, -0.05) is 48.5 Å². The molecule has 1 heterocycles. The number of esters is 1. The van der Waals surface area contributed by atoms with Crippen LogP contribution < -0.4 is 0 Å². The van der Waals surface area contributed by atoms with Crippen LogP contribution in [0.2, 0.25) is 0 Å². The number of carbonyl (C=O) groups excluding carboxylic acids is 2. The minimum absolute atomic E-state index is 0.0407. The maximum Gasteiger partial charge on any atom is 0.508 e. The van der Waals surface area contributed by atoms with Crippen LogP contribution in [0.5, 0.6) is 0 Å². The van der Waals surface area contributed by atoms with Crippen molar-refractivity contribution in [3.05, 3.63) is 60.2 Å². The van der Waals surface area contributed by atoms with E-state index in [1.54, 1.807) is 6.92 Å². The van der Waals surface area contributed by atoms with Gasteiger partial charge in [0.2, 0.25) is 0 Å². The zero-order valence-electron chi connectivity index (χ0n) is 14.4. The van der Waals surface area contributed by atoms with Gasteiger partial charge in [-0.05, 0) is 34.5 Å². The number of hydrogen-bond donors (Lipinski definition) is 0. The number of fused-ring (bicyclic) bond motifs is 2. The topological polar surface area (TPSA) is 61.8 Å². The summed E-state index contributed by atoms with van der Waals surface area (Å²) >= 11 is 0. The molecule has 0 unspecified atom stereocenters. The molecular weight excluding hydrogens is 332 g/mol. The molecule has 1 aliphatic heterocycles. The summed E-state index contributed by atoms with van der Waals surface area (Å²) in [6, 6.07) is 18.2. The van der Waals surface area contributed by atoms with Crippen molar-refractivity contribution in [3.8, 4) is 0 Å². The SMILES string of the molecule is CC1(C(=O)OCc2c3ccccc3cc3ccccc23)COC(=O)OC1. The third-order valence-corrected chi connectivity index (χ3v) is 4.74. The molecule has 0 aromatic heterocycles. The van der Waals surface area contributed by atoms with Gasteiger partial charge in [-0.15, -0.1) is 0 Å². The molecule has 0 N–H and O–H groups in total. The second-order valence-electron chi connectivity index (χ2n) is 6.76. The van der Waals surface area contributed by atoms with Gasteiger partial charge in [0.05, 0.1) is 0 Å². The van der Waals surface area contributed by atoms with Gasteiger partial charge in [-0.2, -0.15) is 0 Å². The molecule has 1 aliphatic rings. The highest BCUT2D eigenvalue weighted by atomic mass is 16.7. The van der Waals surface area contributed by atoms with Crippen molar-refractivity contribution in [2.45, 2.75) is 13.5 Å². The molecule has 3 aromatic carbocycles. The third-order valence-electron chi connectivity index (χ3n) is 4.74. The van der Waals surface area contributed by atoms with E-state index in [2.05, 4.69) is 6.07 Å². The molecule has 26 heavy (non-hydrogen) atoms. The van der Waals surface area contributed by atoms with E-state index in [-0.39, 0.29) is 19.8 Å². The first-order valence-electron chi connectivity index (χ1n) is 8.43. The molecule has 0 radical (unpaired) electrons. The van der Waals surface area contributed by atoms with Gasteiger partial charge < -0.3 is 14.2 Å². The zero-order chi connectivity index (χ0) is 18.1. The van der Waals surface area contributed by atoms with Crippen LogP contribution in [0.25, 0.3) is 21.5 Å². The Balaban J connectivity index is 1.66. The Kier molecular flexibility index (Phi) is 3.99. The van der Waals surface area contributed by atoms with Crippen LogP contribution in [0.3, 0.4) is 0 Å². The highest BCUT2D eigenvalue weighted by Crippen LogP contribution is 2.30. The van der Waals surface area contributed by atoms with E-state index in [1.807, 2.05) is 48.5 Å². The fourth-order valence-corrected chi connectivity index (χ4v) is 3.21. The number of benzene rings is 3. The molecule has 0 spiro atoms. The van der Waals surface area contributed by atoms with Crippen molar-refractivity contribution in [1.29, 1.82) is 0 Å².